The number of phenolic OH excluding ortho intramolecular Hbond substituents is 3. The van der Waals surface area contributed by atoms with Gasteiger partial charge in [0.1, 0.15) is 23.0 Å². The molecule has 24 heavy (non-hydrogen) atoms. The van der Waals surface area contributed by atoms with E-state index in [2.05, 4.69) is 4.98 Å². The van der Waals surface area contributed by atoms with Crippen molar-refractivity contribution in [3.63, 3.8) is 0 Å². The van der Waals surface area contributed by atoms with Gasteiger partial charge in [-0.3, -0.25) is 0 Å². The molecule has 0 saturated heterocycles. The van der Waals surface area contributed by atoms with Gasteiger partial charge in [-0.2, -0.15) is 0 Å². The van der Waals surface area contributed by atoms with Crippen molar-refractivity contribution >= 4 is 11.8 Å². The molecule has 6 heteroatoms. The smallest absolute Gasteiger partial charge is 0.164 e. The number of nitrogens with zero attached hydrogens (tertiary/aromatic N) is 2. The maximum Gasteiger partial charge on any atom is 0.164 e. The van der Waals surface area contributed by atoms with E-state index in [1.54, 1.807) is 53.6 Å². The summed E-state index contributed by atoms with van der Waals surface area (Å²) in [6.07, 6.45) is 6.40. The fraction of sp³-hybridized carbons (Fsp3) is 0.0556. The molecular formula is C18H14N2O4. The average molecular weight is 322 g/mol. The first-order valence-corrected chi connectivity index (χ1v) is 7.33. The third kappa shape index (κ3) is 2.34. The summed E-state index contributed by atoms with van der Waals surface area (Å²) in [5, 5.41) is 29.3. The molecule has 2 heterocycles. The summed E-state index contributed by atoms with van der Waals surface area (Å²) in [6.45, 7) is 0. The molecule has 1 aromatic heterocycles. The van der Waals surface area contributed by atoms with Crippen molar-refractivity contribution in [2.45, 2.75) is 6.10 Å². The van der Waals surface area contributed by atoms with Crippen molar-refractivity contribution in [2.24, 2.45) is 0 Å². The van der Waals surface area contributed by atoms with E-state index in [1.165, 1.54) is 12.1 Å². The normalized spacial score (nSPS) is 16.2. The molecule has 1 aliphatic heterocycles. The molecular weight excluding hydrogens is 308 g/mol. The number of aromatic nitrogens is 2. The number of ether oxygens (including phenoxy) is 1. The highest BCUT2D eigenvalue weighted by Crippen LogP contribution is 2.44. The summed E-state index contributed by atoms with van der Waals surface area (Å²) in [7, 11) is 0. The molecule has 0 bridgehead atoms. The molecule has 0 spiro atoms. The monoisotopic (exact) mass is 322 g/mol. The second-order valence-electron chi connectivity index (χ2n) is 5.51. The molecule has 6 nitrogen and oxygen atoms in total. The number of imidazole rings is 1. The Morgan fingerprint density at radius 3 is 2.50 bits per heavy atom. The third-order valence-corrected chi connectivity index (χ3v) is 3.91. The Morgan fingerprint density at radius 1 is 1.00 bits per heavy atom. The van der Waals surface area contributed by atoms with Crippen LogP contribution in [0, 0.1) is 0 Å². The lowest BCUT2D eigenvalue weighted by atomic mass is 9.99. The van der Waals surface area contributed by atoms with Gasteiger partial charge in [-0.1, -0.05) is 12.1 Å². The van der Waals surface area contributed by atoms with Crippen molar-refractivity contribution in [1.29, 1.82) is 0 Å². The molecule has 3 aromatic rings. The van der Waals surface area contributed by atoms with E-state index in [4.69, 9.17) is 4.74 Å². The standard InChI is InChI=1S/C18H14N2O4/c21-12-3-1-11(2-4-12)18-15(20-6-5-19-10-20)9-14-16(23)7-13(22)8-17(14)24-18/h1-10,18,21-23H. The fourth-order valence-corrected chi connectivity index (χ4v) is 2.76. The number of benzene rings is 2. The Morgan fingerprint density at radius 2 is 1.79 bits per heavy atom. The summed E-state index contributed by atoms with van der Waals surface area (Å²) in [5.41, 5.74) is 2.07. The van der Waals surface area contributed by atoms with E-state index >= 15 is 0 Å². The van der Waals surface area contributed by atoms with E-state index in [1.807, 2.05) is 0 Å². The van der Waals surface area contributed by atoms with Crippen molar-refractivity contribution < 1.29 is 20.1 Å². The molecule has 120 valence electrons. The van der Waals surface area contributed by atoms with Crippen molar-refractivity contribution in [3.05, 3.63) is 66.2 Å². The van der Waals surface area contributed by atoms with Gasteiger partial charge in [0, 0.05) is 24.5 Å². The topological polar surface area (TPSA) is 87.7 Å². The molecule has 4 rings (SSSR count). The Bertz CT molecular complexity index is 915. The summed E-state index contributed by atoms with van der Waals surface area (Å²) in [4.78, 5) is 4.06. The van der Waals surface area contributed by atoms with Crippen LogP contribution in [0.15, 0.2) is 55.1 Å². The van der Waals surface area contributed by atoms with E-state index in [0.717, 1.165) is 11.3 Å². The SMILES string of the molecule is Oc1ccc(C2Oc3cc(O)cc(O)c3C=C2n2ccnc2)cc1. The zero-order chi connectivity index (χ0) is 16.7. The molecule has 1 unspecified atom stereocenters. The molecule has 2 aromatic carbocycles. The second kappa shape index (κ2) is 5.34. The van der Waals surface area contributed by atoms with Crippen molar-refractivity contribution in [3.8, 4) is 23.0 Å². The van der Waals surface area contributed by atoms with Gasteiger partial charge in [0.15, 0.2) is 6.10 Å². The number of aromatic hydroxyl groups is 3. The van der Waals surface area contributed by atoms with Crippen LogP contribution in [-0.4, -0.2) is 24.9 Å². The lowest BCUT2D eigenvalue weighted by Crippen LogP contribution is -2.17. The Balaban J connectivity index is 1.89. The Hall–Kier alpha value is -3.41. The van der Waals surface area contributed by atoms with Gasteiger partial charge < -0.3 is 24.6 Å². The Labute approximate surface area is 137 Å². The molecule has 0 amide bonds. The van der Waals surface area contributed by atoms with Crippen LogP contribution in [-0.2, 0) is 0 Å². The van der Waals surface area contributed by atoms with Crippen LogP contribution in [0.3, 0.4) is 0 Å². The molecule has 1 atom stereocenters. The van der Waals surface area contributed by atoms with Crippen LogP contribution in [0.2, 0.25) is 0 Å². The number of hydrogen-bond acceptors (Lipinski definition) is 5. The molecule has 0 radical (unpaired) electrons. The van der Waals surface area contributed by atoms with Gasteiger partial charge in [-0.15, -0.1) is 0 Å². The number of fused-ring (bicyclic) bond motifs is 1. The second-order valence-corrected chi connectivity index (χ2v) is 5.51. The molecule has 1 aliphatic rings. The van der Waals surface area contributed by atoms with Crippen LogP contribution >= 0.6 is 0 Å². The highest BCUT2D eigenvalue weighted by Gasteiger charge is 2.27. The molecule has 0 saturated carbocycles. The van der Waals surface area contributed by atoms with Crippen LogP contribution in [0.25, 0.3) is 11.8 Å². The highest BCUT2D eigenvalue weighted by molar-refractivity contribution is 5.82. The largest absolute Gasteiger partial charge is 0.508 e. The lowest BCUT2D eigenvalue weighted by Gasteiger charge is -2.28. The van der Waals surface area contributed by atoms with E-state index in [0.29, 0.717) is 11.3 Å². The number of hydrogen-bond donors (Lipinski definition) is 3. The van der Waals surface area contributed by atoms with Gasteiger partial charge in [-0.05, 0) is 23.8 Å². The zero-order valence-corrected chi connectivity index (χ0v) is 12.5. The predicted molar refractivity (Wildman–Crippen MR) is 87.6 cm³/mol. The van der Waals surface area contributed by atoms with Gasteiger partial charge in [0.05, 0.1) is 17.6 Å². The molecule has 0 fully saturated rings. The predicted octanol–water partition coefficient (Wildman–Crippen LogP) is 3.13. The van der Waals surface area contributed by atoms with Gasteiger partial charge in [0.25, 0.3) is 0 Å². The summed E-state index contributed by atoms with van der Waals surface area (Å²) in [6, 6.07) is 9.42. The minimum atomic E-state index is -0.478. The van der Waals surface area contributed by atoms with Crippen LogP contribution in [0.4, 0.5) is 0 Å². The maximum atomic E-state index is 10.1. The number of rotatable bonds is 2. The fourth-order valence-electron chi connectivity index (χ4n) is 2.76. The molecule has 0 aliphatic carbocycles. The van der Waals surface area contributed by atoms with Crippen LogP contribution < -0.4 is 4.74 Å². The van der Waals surface area contributed by atoms with Crippen molar-refractivity contribution in [1.82, 2.24) is 9.55 Å². The van der Waals surface area contributed by atoms with Gasteiger partial charge >= 0.3 is 0 Å². The van der Waals surface area contributed by atoms with Crippen LogP contribution in [0.1, 0.15) is 17.2 Å². The first-order chi connectivity index (χ1) is 11.6. The summed E-state index contributed by atoms with van der Waals surface area (Å²) < 4.78 is 7.84. The van der Waals surface area contributed by atoms with E-state index in [9.17, 15) is 15.3 Å². The van der Waals surface area contributed by atoms with Crippen LogP contribution in [0.5, 0.6) is 23.0 Å². The minimum Gasteiger partial charge on any atom is -0.508 e. The summed E-state index contributed by atoms with van der Waals surface area (Å²) >= 11 is 0. The number of phenols is 3. The molecule has 3 N–H and O–H groups in total. The first-order valence-electron chi connectivity index (χ1n) is 7.33. The maximum absolute atomic E-state index is 10.1. The van der Waals surface area contributed by atoms with Gasteiger partial charge in [-0.25, -0.2) is 4.98 Å². The third-order valence-electron chi connectivity index (χ3n) is 3.91. The van der Waals surface area contributed by atoms with E-state index in [-0.39, 0.29) is 17.2 Å². The first kappa shape index (κ1) is 14.2. The summed E-state index contributed by atoms with van der Waals surface area (Å²) in [5.74, 6) is 0.412. The lowest BCUT2D eigenvalue weighted by molar-refractivity contribution is 0.251. The minimum absolute atomic E-state index is 0.0632. The van der Waals surface area contributed by atoms with Crippen molar-refractivity contribution in [2.75, 3.05) is 0 Å². The van der Waals surface area contributed by atoms with E-state index < -0.39 is 6.10 Å². The average Bonchev–Trinajstić information content (AvgIpc) is 3.09. The Kier molecular flexibility index (Phi) is 3.16. The highest BCUT2D eigenvalue weighted by atomic mass is 16.5. The quantitative estimate of drug-likeness (QED) is 0.674. The zero-order valence-electron chi connectivity index (χ0n) is 12.5. The van der Waals surface area contributed by atoms with Gasteiger partial charge in [0.2, 0.25) is 0 Å².